The van der Waals surface area contributed by atoms with Gasteiger partial charge in [-0.3, -0.25) is 4.31 Å². The minimum absolute atomic E-state index is 0.166. The van der Waals surface area contributed by atoms with E-state index in [-0.39, 0.29) is 17.3 Å². The first-order chi connectivity index (χ1) is 15.3. The fraction of sp³-hybridized carbons (Fsp3) is 0.185. The van der Waals surface area contributed by atoms with Crippen molar-refractivity contribution in [3.05, 3.63) is 113 Å². The summed E-state index contributed by atoms with van der Waals surface area (Å²) in [4.78, 5) is 0.238. The Morgan fingerprint density at radius 3 is 2.19 bits per heavy atom. The predicted octanol–water partition coefficient (Wildman–Crippen LogP) is 6.50. The Bertz CT molecular complexity index is 1280. The number of halogens is 1. The number of allylic oxidation sites excluding steroid dienone is 1. The van der Waals surface area contributed by atoms with Gasteiger partial charge in [0.1, 0.15) is 5.82 Å². The SMILES string of the molecule is C=C(C)CN(c1ccccc1C(=C1CC1)c1ccc(F)cc1)S(=O)(=O)c1ccc(C)cc1. The van der Waals surface area contributed by atoms with Crippen molar-refractivity contribution in [1.29, 1.82) is 0 Å². The molecule has 164 valence electrons. The first-order valence-electron chi connectivity index (χ1n) is 10.6. The number of rotatable bonds is 7. The summed E-state index contributed by atoms with van der Waals surface area (Å²) in [6.45, 7) is 7.88. The van der Waals surface area contributed by atoms with Crippen molar-refractivity contribution in [3.8, 4) is 0 Å². The molecule has 0 bridgehead atoms. The Labute approximate surface area is 189 Å². The van der Waals surface area contributed by atoms with Gasteiger partial charge in [-0.05, 0) is 68.2 Å². The van der Waals surface area contributed by atoms with Gasteiger partial charge in [-0.15, -0.1) is 0 Å². The van der Waals surface area contributed by atoms with Crippen molar-refractivity contribution >= 4 is 21.3 Å². The van der Waals surface area contributed by atoms with Crippen LogP contribution < -0.4 is 4.31 Å². The highest BCUT2D eigenvalue weighted by Gasteiger charge is 2.29. The Morgan fingerprint density at radius 2 is 1.59 bits per heavy atom. The van der Waals surface area contributed by atoms with Crippen molar-refractivity contribution in [2.45, 2.75) is 31.6 Å². The third-order valence-electron chi connectivity index (χ3n) is 5.45. The highest BCUT2D eigenvalue weighted by atomic mass is 32.2. The van der Waals surface area contributed by atoms with Crippen molar-refractivity contribution in [3.63, 3.8) is 0 Å². The molecule has 4 rings (SSSR count). The second kappa shape index (κ2) is 8.75. The van der Waals surface area contributed by atoms with Gasteiger partial charge in [-0.1, -0.05) is 65.8 Å². The maximum absolute atomic E-state index is 13.7. The molecule has 3 nitrogen and oxygen atoms in total. The average Bonchev–Trinajstić information content (AvgIpc) is 3.59. The molecule has 1 aliphatic rings. The van der Waals surface area contributed by atoms with Crippen LogP contribution in [-0.2, 0) is 10.0 Å². The quantitative estimate of drug-likeness (QED) is 0.388. The summed E-state index contributed by atoms with van der Waals surface area (Å²) in [6.07, 6.45) is 1.90. The van der Waals surface area contributed by atoms with Gasteiger partial charge in [0.15, 0.2) is 0 Å². The first kappa shape index (κ1) is 22.0. The lowest BCUT2D eigenvalue weighted by Crippen LogP contribution is -2.33. The summed E-state index contributed by atoms with van der Waals surface area (Å²) in [7, 11) is -3.83. The summed E-state index contributed by atoms with van der Waals surface area (Å²) in [5.41, 5.74) is 6.25. The maximum atomic E-state index is 13.7. The van der Waals surface area contributed by atoms with E-state index in [1.165, 1.54) is 22.0 Å². The number of hydrogen-bond acceptors (Lipinski definition) is 2. The van der Waals surface area contributed by atoms with Gasteiger partial charge in [-0.25, -0.2) is 12.8 Å². The van der Waals surface area contributed by atoms with Crippen LogP contribution in [0.3, 0.4) is 0 Å². The zero-order valence-corrected chi connectivity index (χ0v) is 19.1. The van der Waals surface area contributed by atoms with Crippen molar-refractivity contribution in [2.75, 3.05) is 10.8 Å². The Kier molecular flexibility index (Phi) is 6.02. The Hall–Kier alpha value is -3.18. The van der Waals surface area contributed by atoms with Crippen LogP contribution in [0.4, 0.5) is 10.1 Å². The van der Waals surface area contributed by atoms with E-state index in [9.17, 15) is 12.8 Å². The molecule has 0 amide bonds. The van der Waals surface area contributed by atoms with Gasteiger partial charge >= 0.3 is 0 Å². The van der Waals surface area contributed by atoms with Crippen molar-refractivity contribution in [2.24, 2.45) is 0 Å². The molecule has 5 heteroatoms. The molecule has 1 saturated carbocycles. The molecule has 0 N–H and O–H groups in total. The van der Waals surface area contributed by atoms with Crippen LogP contribution in [0.1, 0.15) is 36.5 Å². The minimum atomic E-state index is -3.83. The molecule has 0 radical (unpaired) electrons. The van der Waals surface area contributed by atoms with Gasteiger partial charge < -0.3 is 0 Å². The summed E-state index contributed by atoms with van der Waals surface area (Å²) < 4.78 is 42.5. The number of anilines is 1. The van der Waals surface area contributed by atoms with E-state index in [1.54, 1.807) is 36.4 Å². The lowest BCUT2D eigenvalue weighted by atomic mass is 9.95. The highest BCUT2D eigenvalue weighted by molar-refractivity contribution is 7.92. The van der Waals surface area contributed by atoms with Crippen LogP contribution in [0.25, 0.3) is 5.57 Å². The van der Waals surface area contributed by atoms with E-state index < -0.39 is 10.0 Å². The maximum Gasteiger partial charge on any atom is 0.264 e. The topological polar surface area (TPSA) is 37.4 Å². The van der Waals surface area contributed by atoms with Gasteiger partial charge in [0, 0.05) is 5.56 Å². The van der Waals surface area contributed by atoms with Crippen LogP contribution in [0.5, 0.6) is 0 Å². The molecule has 0 atom stereocenters. The lowest BCUT2D eigenvalue weighted by molar-refractivity contribution is 0.592. The molecular formula is C27H26FNO2S. The molecule has 0 saturated heterocycles. The zero-order valence-electron chi connectivity index (χ0n) is 18.3. The number of nitrogens with zero attached hydrogens (tertiary/aromatic N) is 1. The number of sulfonamides is 1. The number of hydrogen-bond donors (Lipinski definition) is 0. The second-order valence-electron chi connectivity index (χ2n) is 8.28. The number of para-hydroxylation sites is 1. The second-order valence-corrected chi connectivity index (χ2v) is 10.1. The van der Waals surface area contributed by atoms with Crippen molar-refractivity contribution in [1.82, 2.24) is 0 Å². The molecule has 1 fully saturated rings. The third-order valence-corrected chi connectivity index (χ3v) is 7.22. The summed E-state index contributed by atoms with van der Waals surface area (Å²) >= 11 is 0. The summed E-state index contributed by atoms with van der Waals surface area (Å²) in [5, 5.41) is 0. The molecule has 0 unspecified atom stereocenters. The predicted molar refractivity (Wildman–Crippen MR) is 129 cm³/mol. The molecule has 32 heavy (non-hydrogen) atoms. The normalized spacial score (nSPS) is 13.0. The van der Waals surface area contributed by atoms with E-state index in [2.05, 4.69) is 6.58 Å². The molecule has 0 aliphatic heterocycles. The fourth-order valence-corrected chi connectivity index (χ4v) is 5.31. The van der Waals surface area contributed by atoms with Crippen LogP contribution >= 0.6 is 0 Å². The van der Waals surface area contributed by atoms with E-state index in [1.807, 2.05) is 38.1 Å². The first-order valence-corrected chi connectivity index (χ1v) is 12.0. The monoisotopic (exact) mass is 447 g/mol. The highest BCUT2D eigenvalue weighted by Crippen LogP contribution is 2.44. The van der Waals surface area contributed by atoms with Gasteiger partial charge in [-0.2, -0.15) is 0 Å². The Morgan fingerprint density at radius 1 is 0.969 bits per heavy atom. The van der Waals surface area contributed by atoms with E-state index in [0.29, 0.717) is 5.69 Å². The average molecular weight is 448 g/mol. The van der Waals surface area contributed by atoms with E-state index in [0.717, 1.165) is 40.7 Å². The molecule has 0 heterocycles. The van der Waals surface area contributed by atoms with Crippen molar-refractivity contribution < 1.29 is 12.8 Å². The van der Waals surface area contributed by atoms with Crippen LogP contribution in [-0.4, -0.2) is 15.0 Å². The molecule has 3 aromatic rings. The Balaban J connectivity index is 1.89. The van der Waals surface area contributed by atoms with Gasteiger partial charge in [0.05, 0.1) is 17.1 Å². The standard InChI is InChI=1S/C27H26FNO2S/c1-19(2)18-29(32(30,31)24-16-8-20(3)9-17-24)26-7-5-4-6-25(26)27(21-10-11-21)22-12-14-23(28)15-13-22/h4-9,12-17H,1,10-11,18H2,2-3H3. The van der Waals surface area contributed by atoms with Crippen LogP contribution in [0.15, 0.2) is 95.4 Å². The van der Waals surface area contributed by atoms with Gasteiger partial charge in [0.25, 0.3) is 10.0 Å². The number of aryl methyl sites for hydroxylation is 1. The molecule has 3 aromatic carbocycles. The fourth-order valence-electron chi connectivity index (χ4n) is 3.76. The molecule has 0 aromatic heterocycles. The molecule has 1 aliphatic carbocycles. The smallest absolute Gasteiger partial charge is 0.262 e. The van der Waals surface area contributed by atoms with Crippen LogP contribution in [0, 0.1) is 12.7 Å². The summed E-state index contributed by atoms with van der Waals surface area (Å²) in [6, 6.07) is 20.8. The third kappa shape index (κ3) is 4.53. The van der Waals surface area contributed by atoms with Crippen LogP contribution in [0.2, 0.25) is 0 Å². The van der Waals surface area contributed by atoms with Gasteiger partial charge in [0.2, 0.25) is 0 Å². The molecule has 0 spiro atoms. The zero-order chi connectivity index (χ0) is 22.9. The lowest BCUT2D eigenvalue weighted by Gasteiger charge is -2.28. The van der Waals surface area contributed by atoms with E-state index >= 15 is 0 Å². The number of benzene rings is 3. The largest absolute Gasteiger partial charge is 0.264 e. The summed E-state index contributed by atoms with van der Waals surface area (Å²) in [5.74, 6) is -0.298. The minimum Gasteiger partial charge on any atom is -0.262 e. The molecular weight excluding hydrogens is 421 g/mol. The van der Waals surface area contributed by atoms with E-state index in [4.69, 9.17) is 0 Å².